The maximum Gasteiger partial charge on any atom is 0.416 e. The van der Waals surface area contributed by atoms with Crippen LogP contribution in [-0.2, 0) is 11.0 Å². The SMILES string of the molecule is O=C1N=C(N2CCN(c3nsnc3Cl)CC2)SC1=Cc1ccc(C(F)(F)F)cc1. The van der Waals surface area contributed by atoms with Crippen LogP contribution >= 0.6 is 35.1 Å². The van der Waals surface area contributed by atoms with Gasteiger partial charge >= 0.3 is 6.18 Å². The zero-order valence-electron chi connectivity index (χ0n) is 14.7. The van der Waals surface area contributed by atoms with E-state index in [1.807, 2.05) is 9.80 Å². The van der Waals surface area contributed by atoms with E-state index in [0.29, 0.717) is 52.8 Å². The van der Waals surface area contributed by atoms with Gasteiger partial charge in [0.15, 0.2) is 16.1 Å². The molecule has 0 unspecified atom stereocenters. The fraction of sp³-hybridized carbons (Fsp3) is 0.294. The topological polar surface area (TPSA) is 61.7 Å². The number of thioether (sulfide) groups is 1. The predicted molar refractivity (Wildman–Crippen MR) is 108 cm³/mol. The second kappa shape index (κ2) is 7.96. The van der Waals surface area contributed by atoms with Crippen molar-refractivity contribution >= 4 is 58.1 Å². The van der Waals surface area contributed by atoms with E-state index >= 15 is 0 Å². The van der Waals surface area contributed by atoms with Crippen LogP contribution in [0.1, 0.15) is 11.1 Å². The molecule has 1 amide bonds. The van der Waals surface area contributed by atoms with E-state index in [9.17, 15) is 18.0 Å². The highest BCUT2D eigenvalue weighted by atomic mass is 35.5. The number of piperazine rings is 1. The molecule has 1 aromatic carbocycles. The number of carbonyl (C=O) groups excluding carboxylic acids is 1. The number of carbonyl (C=O) groups is 1. The maximum atomic E-state index is 12.7. The third-order valence-corrected chi connectivity index (χ3v) is 6.34. The highest BCUT2D eigenvalue weighted by molar-refractivity contribution is 8.18. The van der Waals surface area contributed by atoms with Crippen molar-refractivity contribution in [3.63, 3.8) is 0 Å². The van der Waals surface area contributed by atoms with E-state index in [0.717, 1.165) is 23.9 Å². The maximum absolute atomic E-state index is 12.7. The second-order valence-corrected chi connectivity index (χ2v) is 8.18. The average Bonchev–Trinajstić information content (AvgIpc) is 3.27. The van der Waals surface area contributed by atoms with Crippen LogP contribution in [0.4, 0.5) is 19.0 Å². The molecule has 0 bridgehead atoms. The van der Waals surface area contributed by atoms with Crippen molar-refractivity contribution in [1.29, 1.82) is 0 Å². The van der Waals surface area contributed by atoms with E-state index < -0.39 is 11.7 Å². The van der Waals surface area contributed by atoms with Gasteiger partial charge in [-0.25, -0.2) is 0 Å². The molecule has 6 nitrogen and oxygen atoms in total. The number of aliphatic imine (C=N–C) groups is 1. The summed E-state index contributed by atoms with van der Waals surface area (Å²) in [5, 5.41) is 0.975. The number of hydrogen-bond acceptors (Lipinski definition) is 7. The molecule has 1 fully saturated rings. The normalized spacial score (nSPS) is 19.2. The van der Waals surface area contributed by atoms with Gasteiger partial charge in [0, 0.05) is 26.2 Å². The highest BCUT2D eigenvalue weighted by Crippen LogP contribution is 2.33. The van der Waals surface area contributed by atoms with Gasteiger partial charge in [-0.15, -0.1) is 0 Å². The molecular formula is C17H13ClF3N5OS2. The molecule has 2 aliphatic heterocycles. The summed E-state index contributed by atoms with van der Waals surface area (Å²) in [6.45, 7) is 2.61. The molecule has 0 radical (unpaired) electrons. The highest BCUT2D eigenvalue weighted by Gasteiger charge is 2.31. The summed E-state index contributed by atoms with van der Waals surface area (Å²) >= 11 is 8.31. The molecule has 0 aliphatic carbocycles. The van der Waals surface area contributed by atoms with Crippen LogP contribution < -0.4 is 4.90 Å². The molecule has 1 saturated heterocycles. The van der Waals surface area contributed by atoms with Crippen LogP contribution in [0.2, 0.25) is 5.15 Å². The molecule has 0 atom stereocenters. The van der Waals surface area contributed by atoms with Crippen molar-refractivity contribution in [2.24, 2.45) is 4.99 Å². The molecule has 3 heterocycles. The fourth-order valence-electron chi connectivity index (χ4n) is 2.92. The Morgan fingerprint density at radius 3 is 2.28 bits per heavy atom. The smallest absolute Gasteiger partial charge is 0.350 e. The number of halogens is 4. The molecular weight excluding hydrogens is 447 g/mol. The Labute approximate surface area is 177 Å². The number of anilines is 1. The number of nitrogens with zero attached hydrogens (tertiary/aromatic N) is 5. The van der Waals surface area contributed by atoms with Gasteiger partial charge in [0.25, 0.3) is 5.91 Å². The third kappa shape index (κ3) is 4.41. The first-order valence-electron chi connectivity index (χ1n) is 8.49. The number of amides is 1. The Balaban J connectivity index is 1.40. The summed E-state index contributed by atoms with van der Waals surface area (Å²) in [4.78, 5) is 20.7. The summed E-state index contributed by atoms with van der Waals surface area (Å²) in [5.41, 5.74) is -0.212. The van der Waals surface area contributed by atoms with Gasteiger partial charge < -0.3 is 9.80 Å². The Morgan fingerprint density at radius 1 is 1.03 bits per heavy atom. The van der Waals surface area contributed by atoms with Crippen LogP contribution in [0.15, 0.2) is 34.2 Å². The summed E-state index contributed by atoms with van der Waals surface area (Å²) in [6, 6.07) is 4.67. The van der Waals surface area contributed by atoms with Crippen molar-refractivity contribution in [1.82, 2.24) is 13.6 Å². The van der Waals surface area contributed by atoms with Gasteiger partial charge in [-0.1, -0.05) is 23.7 Å². The lowest BCUT2D eigenvalue weighted by molar-refractivity contribution is -0.137. The van der Waals surface area contributed by atoms with Gasteiger partial charge in [0.05, 0.1) is 22.2 Å². The van der Waals surface area contributed by atoms with Gasteiger partial charge in [-0.2, -0.15) is 26.9 Å². The zero-order chi connectivity index (χ0) is 20.6. The molecule has 0 saturated carbocycles. The van der Waals surface area contributed by atoms with Crippen LogP contribution in [0.3, 0.4) is 0 Å². The lowest BCUT2D eigenvalue weighted by Crippen LogP contribution is -2.48. The van der Waals surface area contributed by atoms with Crippen molar-refractivity contribution in [3.05, 3.63) is 45.5 Å². The lowest BCUT2D eigenvalue weighted by Gasteiger charge is -2.35. The van der Waals surface area contributed by atoms with Crippen molar-refractivity contribution in [2.75, 3.05) is 31.1 Å². The first kappa shape index (κ1) is 20.2. The summed E-state index contributed by atoms with van der Waals surface area (Å²) < 4.78 is 46.2. The van der Waals surface area contributed by atoms with Crippen molar-refractivity contribution in [3.8, 4) is 0 Å². The monoisotopic (exact) mass is 459 g/mol. The van der Waals surface area contributed by atoms with E-state index in [4.69, 9.17) is 11.6 Å². The third-order valence-electron chi connectivity index (χ3n) is 4.43. The van der Waals surface area contributed by atoms with E-state index in [-0.39, 0.29) is 5.91 Å². The molecule has 0 N–H and O–H groups in total. The summed E-state index contributed by atoms with van der Waals surface area (Å²) in [6.07, 6.45) is -2.83. The molecule has 4 rings (SSSR count). The van der Waals surface area contributed by atoms with E-state index in [1.54, 1.807) is 6.08 Å². The molecule has 152 valence electrons. The Hall–Kier alpha value is -2.11. The Bertz CT molecular complexity index is 982. The minimum atomic E-state index is -4.39. The summed E-state index contributed by atoms with van der Waals surface area (Å²) in [7, 11) is 0. The minimum absolute atomic E-state index is 0.382. The quantitative estimate of drug-likeness (QED) is 0.632. The standard InChI is InChI=1S/C17H13ClF3N5OS2/c18-13-14(24-29-23-13)25-5-7-26(8-6-25)16-22-15(27)12(28-16)9-10-1-3-11(4-2-10)17(19,20)21/h1-4,9H,5-8H2. The van der Waals surface area contributed by atoms with Crippen LogP contribution in [0, 0.1) is 0 Å². The second-order valence-electron chi connectivity index (χ2n) is 6.28. The molecule has 2 aliphatic rings. The Kier molecular flexibility index (Phi) is 5.54. The minimum Gasteiger partial charge on any atom is -0.350 e. The molecule has 29 heavy (non-hydrogen) atoms. The number of aromatic nitrogens is 2. The number of alkyl halides is 3. The number of hydrogen-bond donors (Lipinski definition) is 0. The van der Waals surface area contributed by atoms with Crippen LogP contribution in [-0.4, -0.2) is 50.9 Å². The number of benzene rings is 1. The van der Waals surface area contributed by atoms with Gasteiger partial charge in [-0.05, 0) is 35.5 Å². The predicted octanol–water partition coefficient (Wildman–Crippen LogP) is 4.00. The Morgan fingerprint density at radius 2 is 1.69 bits per heavy atom. The molecule has 1 aromatic heterocycles. The zero-order valence-corrected chi connectivity index (χ0v) is 17.1. The van der Waals surface area contributed by atoms with Crippen LogP contribution in [0.5, 0.6) is 0 Å². The lowest BCUT2D eigenvalue weighted by atomic mass is 10.1. The largest absolute Gasteiger partial charge is 0.416 e. The molecule has 12 heteroatoms. The van der Waals surface area contributed by atoms with E-state index in [2.05, 4.69) is 13.7 Å². The van der Waals surface area contributed by atoms with Gasteiger partial charge in [0.1, 0.15) is 0 Å². The summed E-state index contributed by atoms with van der Waals surface area (Å²) in [5.74, 6) is 0.273. The van der Waals surface area contributed by atoms with Crippen molar-refractivity contribution in [2.45, 2.75) is 6.18 Å². The molecule has 0 spiro atoms. The number of rotatable bonds is 2. The van der Waals surface area contributed by atoms with Gasteiger partial charge in [0.2, 0.25) is 0 Å². The first-order valence-corrected chi connectivity index (χ1v) is 10.4. The first-order chi connectivity index (χ1) is 13.8. The van der Waals surface area contributed by atoms with Crippen LogP contribution in [0.25, 0.3) is 6.08 Å². The number of amidine groups is 1. The van der Waals surface area contributed by atoms with Crippen molar-refractivity contribution < 1.29 is 18.0 Å². The fourth-order valence-corrected chi connectivity index (χ4v) is 4.67. The molecule has 2 aromatic rings. The van der Waals surface area contributed by atoms with Gasteiger partial charge in [-0.3, -0.25) is 4.79 Å². The van der Waals surface area contributed by atoms with E-state index in [1.165, 1.54) is 23.9 Å². The average molecular weight is 460 g/mol.